The van der Waals surface area contributed by atoms with Crippen LogP contribution in [0, 0.1) is 10.1 Å². The summed E-state index contributed by atoms with van der Waals surface area (Å²) in [4.78, 5) is 26.4. The highest BCUT2D eigenvalue weighted by Gasteiger charge is 2.38. The number of carbonyl (C=O) groups is 1. The van der Waals surface area contributed by atoms with E-state index in [1.165, 1.54) is 19.2 Å². The van der Waals surface area contributed by atoms with Crippen LogP contribution in [0.4, 0.5) is 5.69 Å². The number of ether oxygens (including phenoxy) is 2. The van der Waals surface area contributed by atoms with Crippen molar-refractivity contribution in [3.05, 3.63) is 27.8 Å². The fourth-order valence-corrected chi connectivity index (χ4v) is 6.40. The van der Waals surface area contributed by atoms with Crippen LogP contribution in [0.5, 0.6) is 11.5 Å². The van der Waals surface area contributed by atoms with Crippen molar-refractivity contribution in [3.63, 3.8) is 0 Å². The number of thioether (sulfide) groups is 2. The minimum absolute atomic E-state index is 0.0479. The van der Waals surface area contributed by atoms with Crippen LogP contribution in [0.2, 0.25) is 0 Å². The van der Waals surface area contributed by atoms with E-state index in [-0.39, 0.29) is 33.5 Å². The van der Waals surface area contributed by atoms with E-state index in [1.54, 1.807) is 4.90 Å². The SMILES string of the molecule is CCSC(SCC)[C@@H]1CCCN1C(=O)c1cc(OC)c(OCCBr)cc1[N+](=O)[O-]. The first-order valence-corrected chi connectivity index (χ1v) is 12.8. The molecule has 1 aromatic carbocycles. The summed E-state index contributed by atoms with van der Waals surface area (Å²) in [5, 5.41) is 12.3. The van der Waals surface area contributed by atoms with Crippen molar-refractivity contribution in [2.24, 2.45) is 0 Å². The van der Waals surface area contributed by atoms with Gasteiger partial charge in [0, 0.05) is 17.9 Å². The molecule has 1 amide bonds. The van der Waals surface area contributed by atoms with Gasteiger partial charge in [-0.25, -0.2) is 0 Å². The van der Waals surface area contributed by atoms with E-state index in [2.05, 4.69) is 29.8 Å². The fourth-order valence-electron chi connectivity index (χ4n) is 3.37. The quantitative estimate of drug-likeness (QED) is 0.184. The molecule has 1 aliphatic rings. The molecule has 1 heterocycles. The molecular formula is C19H27BrN2O5S2. The zero-order valence-electron chi connectivity index (χ0n) is 16.9. The van der Waals surface area contributed by atoms with Crippen LogP contribution in [0.25, 0.3) is 0 Å². The average Bonchev–Trinajstić information content (AvgIpc) is 3.20. The van der Waals surface area contributed by atoms with E-state index in [0.29, 0.717) is 24.2 Å². The molecule has 0 bridgehead atoms. The number of hydrogen-bond acceptors (Lipinski definition) is 7. The zero-order valence-corrected chi connectivity index (χ0v) is 20.1. The van der Waals surface area contributed by atoms with Crippen molar-refractivity contribution in [3.8, 4) is 11.5 Å². The van der Waals surface area contributed by atoms with Crippen molar-refractivity contribution in [1.29, 1.82) is 0 Å². The number of nitrogens with zero attached hydrogens (tertiary/aromatic N) is 2. The first-order valence-electron chi connectivity index (χ1n) is 9.57. The standard InChI is InChI=1S/C19H27BrN2O5S2/c1-4-28-19(29-5-2)14-7-6-9-21(14)18(23)13-11-16(26-3)17(27-10-8-20)12-15(13)22(24)25/h11-12,14,19H,4-10H2,1-3H3/t14-/m0/s1. The molecular weight excluding hydrogens is 480 g/mol. The Labute approximate surface area is 188 Å². The van der Waals surface area contributed by atoms with Crippen molar-refractivity contribution in [1.82, 2.24) is 4.90 Å². The van der Waals surface area contributed by atoms with Crippen molar-refractivity contribution in [2.75, 3.05) is 37.1 Å². The highest BCUT2D eigenvalue weighted by Crippen LogP contribution is 2.39. The number of amides is 1. The van der Waals surface area contributed by atoms with Gasteiger partial charge < -0.3 is 14.4 Å². The smallest absolute Gasteiger partial charge is 0.286 e. The van der Waals surface area contributed by atoms with Gasteiger partial charge in [-0.05, 0) is 24.3 Å². The Morgan fingerprint density at radius 2 is 2.03 bits per heavy atom. The highest BCUT2D eigenvalue weighted by atomic mass is 79.9. The minimum atomic E-state index is -0.530. The molecule has 29 heavy (non-hydrogen) atoms. The van der Waals surface area contributed by atoms with Gasteiger partial charge in [-0.15, -0.1) is 23.5 Å². The first-order chi connectivity index (χ1) is 14.0. The Hall–Kier alpha value is -1.13. The zero-order chi connectivity index (χ0) is 21.4. The number of alkyl halides is 1. The second kappa shape index (κ2) is 11.9. The summed E-state index contributed by atoms with van der Waals surface area (Å²) in [6.45, 7) is 5.15. The number of carbonyl (C=O) groups excluding carboxylic acids is 1. The largest absolute Gasteiger partial charge is 0.493 e. The summed E-state index contributed by atoms with van der Waals surface area (Å²) in [7, 11) is 1.46. The molecule has 0 aromatic heterocycles. The predicted octanol–water partition coefficient (Wildman–Crippen LogP) is 4.81. The monoisotopic (exact) mass is 506 g/mol. The lowest BCUT2D eigenvalue weighted by molar-refractivity contribution is -0.385. The van der Waals surface area contributed by atoms with Crippen LogP contribution >= 0.6 is 39.5 Å². The molecule has 1 fully saturated rings. The third-order valence-electron chi connectivity index (χ3n) is 4.58. The summed E-state index contributed by atoms with van der Waals surface area (Å²) >= 11 is 6.92. The van der Waals surface area contributed by atoms with Crippen LogP contribution in [-0.4, -0.2) is 63.5 Å². The van der Waals surface area contributed by atoms with Crippen molar-refractivity contribution >= 4 is 51.0 Å². The minimum Gasteiger partial charge on any atom is -0.493 e. The van der Waals surface area contributed by atoms with Gasteiger partial charge in [0.05, 0.1) is 35.3 Å². The fraction of sp³-hybridized carbons (Fsp3) is 0.632. The Morgan fingerprint density at radius 1 is 1.34 bits per heavy atom. The number of benzene rings is 1. The number of halogens is 1. The predicted molar refractivity (Wildman–Crippen MR) is 123 cm³/mol. The molecule has 0 spiro atoms. The van der Waals surface area contributed by atoms with Gasteiger partial charge in [-0.3, -0.25) is 14.9 Å². The van der Waals surface area contributed by atoms with Crippen LogP contribution < -0.4 is 9.47 Å². The van der Waals surface area contributed by atoms with Gasteiger partial charge in [0.1, 0.15) is 5.56 Å². The molecule has 2 rings (SSSR count). The summed E-state index contributed by atoms with van der Waals surface area (Å²) in [5.74, 6) is 2.18. The van der Waals surface area contributed by atoms with Crippen LogP contribution in [0.1, 0.15) is 37.0 Å². The number of hydrogen-bond donors (Lipinski definition) is 0. The van der Waals surface area contributed by atoms with E-state index >= 15 is 0 Å². The summed E-state index contributed by atoms with van der Waals surface area (Å²) < 4.78 is 11.1. The highest BCUT2D eigenvalue weighted by molar-refractivity contribution is 9.09. The van der Waals surface area contributed by atoms with Crippen LogP contribution in [-0.2, 0) is 0 Å². The molecule has 0 saturated carbocycles. The third kappa shape index (κ3) is 5.95. The molecule has 10 heteroatoms. The second-order valence-electron chi connectivity index (χ2n) is 6.30. The molecule has 7 nitrogen and oxygen atoms in total. The van der Waals surface area contributed by atoms with E-state index in [0.717, 1.165) is 24.3 Å². The van der Waals surface area contributed by atoms with E-state index in [1.807, 2.05) is 23.5 Å². The average molecular weight is 507 g/mol. The summed E-state index contributed by atoms with van der Waals surface area (Å²) in [5.41, 5.74) is -0.208. The number of nitro benzene ring substituents is 1. The molecule has 1 aromatic rings. The number of methoxy groups -OCH3 is 1. The maximum absolute atomic E-state index is 13.4. The molecule has 0 unspecified atom stereocenters. The van der Waals surface area contributed by atoms with Crippen LogP contribution in [0.15, 0.2) is 12.1 Å². The Kier molecular flexibility index (Phi) is 9.91. The first kappa shape index (κ1) is 24.1. The molecule has 0 N–H and O–H groups in total. The number of rotatable bonds is 11. The van der Waals surface area contributed by atoms with Crippen molar-refractivity contribution < 1.29 is 19.2 Å². The normalized spacial score (nSPS) is 16.3. The molecule has 1 aliphatic heterocycles. The lowest BCUT2D eigenvalue weighted by Gasteiger charge is -2.31. The lowest BCUT2D eigenvalue weighted by Crippen LogP contribution is -2.41. The number of likely N-dealkylation sites (tertiary alicyclic amines) is 1. The Bertz CT molecular complexity index is 716. The molecule has 162 valence electrons. The van der Waals surface area contributed by atoms with E-state index < -0.39 is 4.92 Å². The molecule has 0 radical (unpaired) electrons. The van der Waals surface area contributed by atoms with Gasteiger partial charge in [-0.1, -0.05) is 29.8 Å². The van der Waals surface area contributed by atoms with Crippen molar-refractivity contribution in [2.45, 2.75) is 37.3 Å². The van der Waals surface area contributed by atoms with Crippen LogP contribution in [0.3, 0.4) is 0 Å². The van der Waals surface area contributed by atoms with Gasteiger partial charge in [0.25, 0.3) is 11.6 Å². The molecule has 0 aliphatic carbocycles. The van der Waals surface area contributed by atoms with Gasteiger partial charge in [0.15, 0.2) is 11.5 Å². The Balaban J connectivity index is 2.40. The van der Waals surface area contributed by atoms with Gasteiger partial charge in [-0.2, -0.15) is 0 Å². The van der Waals surface area contributed by atoms with Gasteiger partial charge >= 0.3 is 0 Å². The van der Waals surface area contributed by atoms with E-state index in [9.17, 15) is 14.9 Å². The molecule has 1 saturated heterocycles. The maximum atomic E-state index is 13.4. The topological polar surface area (TPSA) is 81.9 Å². The Morgan fingerprint density at radius 3 is 2.59 bits per heavy atom. The second-order valence-corrected chi connectivity index (χ2v) is 10.2. The van der Waals surface area contributed by atoms with E-state index in [4.69, 9.17) is 9.47 Å². The lowest BCUT2D eigenvalue weighted by atomic mass is 10.1. The maximum Gasteiger partial charge on any atom is 0.286 e. The third-order valence-corrected chi connectivity index (χ3v) is 7.67. The summed E-state index contributed by atoms with van der Waals surface area (Å²) in [6.07, 6.45) is 1.81. The van der Waals surface area contributed by atoms with Gasteiger partial charge in [0.2, 0.25) is 0 Å². The number of nitro groups is 1. The summed E-state index contributed by atoms with van der Waals surface area (Å²) in [6, 6.07) is 2.79. The molecule has 1 atom stereocenters.